The van der Waals surface area contributed by atoms with Crippen LogP contribution < -0.4 is 5.73 Å². The molecule has 0 amide bonds. The molecule has 2 aromatic rings. The molecule has 5 nitrogen and oxygen atoms in total. The summed E-state index contributed by atoms with van der Waals surface area (Å²) in [5.41, 5.74) is 8.95. The lowest BCUT2D eigenvalue weighted by molar-refractivity contribution is 0.181. The van der Waals surface area contributed by atoms with E-state index in [1.165, 1.54) is 11.3 Å². The summed E-state index contributed by atoms with van der Waals surface area (Å²) in [5.74, 6) is 0.916. The Morgan fingerprint density at radius 3 is 2.94 bits per heavy atom. The third kappa shape index (κ3) is 2.21. The fourth-order valence-corrected chi connectivity index (χ4v) is 2.01. The molecule has 2 aromatic heterocycles. The summed E-state index contributed by atoms with van der Waals surface area (Å²) in [4.78, 5) is 12.7. The molecule has 2 N–H and O–H groups in total. The summed E-state index contributed by atoms with van der Waals surface area (Å²) in [6.07, 6.45) is 0. The average molecular weight is 301 g/mol. The van der Waals surface area contributed by atoms with E-state index in [1.807, 2.05) is 5.38 Å². The van der Waals surface area contributed by atoms with Crippen LogP contribution in [-0.2, 0) is 11.3 Å². The zero-order valence-corrected chi connectivity index (χ0v) is 10.9. The minimum Gasteiger partial charge on any atom is -0.383 e. The number of aromatic nitrogens is 3. The second-order valence-electron chi connectivity index (χ2n) is 3.00. The zero-order valence-electron chi connectivity index (χ0n) is 8.48. The molecule has 0 radical (unpaired) electrons. The SMILES string of the molecule is COCc1nc(-c2cscn2)nc(N)c1Br. The number of nitrogens with zero attached hydrogens (tertiary/aromatic N) is 3. The molecule has 0 fully saturated rings. The summed E-state index contributed by atoms with van der Waals surface area (Å²) in [7, 11) is 1.60. The van der Waals surface area contributed by atoms with Crippen molar-refractivity contribution in [2.45, 2.75) is 6.61 Å². The van der Waals surface area contributed by atoms with Crippen LogP contribution >= 0.6 is 27.3 Å². The molecule has 0 bridgehead atoms. The van der Waals surface area contributed by atoms with E-state index in [-0.39, 0.29) is 0 Å². The van der Waals surface area contributed by atoms with Gasteiger partial charge in [0.1, 0.15) is 11.5 Å². The number of ether oxygens (including phenoxy) is 1. The van der Waals surface area contributed by atoms with Gasteiger partial charge in [-0.2, -0.15) is 0 Å². The maximum absolute atomic E-state index is 5.78. The number of hydrogen-bond donors (Lipinski definition) is 1. The van der Waals surface area contributed by atoms with Crippen LogP contribution in [0.1, 0.15) is 5.69 Å². The standard InChI is InChI=1S/C9H9BrN4OS/c1-15-2-5-7(10)8(11)14-9(13-5)6-3-16-4-12-6/h3-4H,2H2,1H3,(H2,11,13,14). The van der Waals surface area contributed by atoms with Gasteiger partial charge in [0.2, 0.25) is 0 Å². The number of nitrogens with two attached hydrogens (primary N) is 1. The molecule has 84 valence electrons. The van der Waals surface area contributed by atoms with Crippen LogP contribution in [-0.4, -0.2) is 22.1 Å². The van der Waals surface area contributed by atoms with Gasteiger partial charge in [-0.1, -0.05) is 0 Å². The van der Waals surface area contributed by atoms with Crippen LogP contribution in [0.15, 0.2) is 15.4 Å². The normalized spacial score (nSPS) is 10.6. The van der Waals surface area contributed by atoms with Gasteiger partial charge in [0.15, 0.2) is 5.82 Å². The monoisotopic (exact) mass is 300 g/mol. The van der Waals surface area contributed by atoms with E-state index >= 15 is 0 Å². The first-order chi connectivity index (χ1) is 7.72. The van der Waals surface area contributed by atoms with Gasteiger partial charge in [-0.05, 0) is 15.9 Å². The van der Waals surface area contributed by atoms with Gasteiger partial charge in [-0.25, -0.2) is 15.0 Å². The van der Waals surface area contributed by atoms with Gasteiger partial charge in [0.05, 0.1) is 22.3 Å². The number of nitrogen functional groups attached to an aromatic ring is 1. The van der Waals surface area contributed by atoms with Crippen LogP contribution in [0.3, 0.4) is 0 Å². The minimum absolute atomic E-state index is 0.379. The summed E-state index contributed by atoms with van der Waals surface area (Å²) in [5, 5.41) is 1.87. The Kier molecular flexibility index (Phi) is 3.47. The van der Waals surface area contributed by atoms with E-state index in [4.69, 9.17) is 10.5 Å². The molecule has 0 unspecified atom stereocenters. The molecule has 0 aromatic carbocycles. The molecular formula is C9H9BrN4OS. The van der Waals surface area contributed by atoms with Crippen LogP contribution in [0.4, 0.5) is 5.82 Å². The van der Waals surface area contributed by atoms with Gasteiger partial charge < -0.3 is 10.5 Å². The Balaban J connectivity index is 2.48. The molecule has 7 heteroatoms. The topological polar surface area (TPSA) is 73.9 Å². The van der Waals surface area contributed by atoms with Crippen LogP contribution in [0.25, 0.3) is 11.5 Å². The van der Waals surface area contributed by atoms with Crippen molar-refractivity contribution in [3.63, 3.8) is 0 Å². The van der Waals surface area contributed by atoms with Gasteiger partial charge in [-0.15, -0.1) is 11.3 Å². The van der Waals surface area contributed by atoms with E-state index in [0.717, 1.165) is 11.4 Å². The minimum atomic E-state index is 0.379. The quantitative estimate of drug-likeness (QED) is 0.939. The van der Waals surface area contributed by atoms with Crippen molar-refractivity contribution in [3.05, 3.63) is 21.1 Å². The van der Waals surface area contributed by atoms with Crippen molar-refractivity contribution in [2.75, 3.05) is 12.8 Å². The highest BCUT2D eigenvalue weighted by Gasteiger charge is 2.12. The summed E-state index contributed by atoms with van der Waals surface area (Å²) < 4.78 is 5.72. The molecule has 0 aliphatic heterocycles. The fraction of sp³-hybridized carbons (Fsp3) is 0.222. The number of methoxy groups -OCH3 is 1. The second-order valence-corrected chi connectivity index (χ2v) is 4.51. The summed E-state index contributed by atoms with van der Waals surface area (Å²) in [6.45, 7) is 0.379. The van der Waals surface area contributed by atoms with Crippen LogP contribution in [0, 0.1) is 0 Å². The maximum Gasteiger partial charge on any atom is 0.181 e. The van der Waals surface area contributed by atoms with Crippen LogP contribution in [0.5, 0.6) is 0 Å². The Hall–Kier alpha value is -1.05. The third-order valence-corrected chi connectivity index (χ3v) is 3.34. The molecule has 0 saturated carbocycles. The molecule has 2 rings (SSSR count). The van der Waals surface area contributed by atoms with Crippen molar-refractivity contribution in [2.24, 2.45) is 0 Å². The predicted molar refractivity (Wildman–Crippen MR) is 66.0 cm³/mol. The maximum atomic E-state index is 5.78. The highest BCUT2D eigenvalue weighted by atomic mass is 79.9. The molecule has 0 aliphatic rings. The van der Waals surface area contributed by atoms with Crippen LogP contribution in [0.2, 0.25) is 0 Å². The Morgan fingerprint density at radius 1 is 1.50 bits per heavy atom. The van der Waals surface area contributed by atoms with E-state index < -0.39 is 0 Å². The first-order valence-corrected chi connectivity index (χ1v) is 6.15. The molecule has 0 spiro atoms. The lowest BCUT2D eigenvalue weighted by Gasteiger charge is -2.06. The smallest absolute Gasteiger partial charge is 0.181 e. The van der Waals surface area contributed by atoms with Gasteiger partial charge in [0.25, 0.3) is 0 Å². The second kappa shape index (κ2) is 4.86. The third-order valence-electron chi connectivity index (χ3n) is 1.89. The van der Waals surface area contributed by atoms with Crippen molar-refractivity contribution in [1.82, 2.24) is 15.0 Å². The van der Waals surface area contributed by atoms with E-state index in [2.05, 4.69) is 30.9 Å². The summed E-state index contributed by atoms with van der Waals surface area (Å²) >= 11 is 4.82. The highest BCUT2D eigenvalue weighted by molar-refractivity contribution is 9.10. The lowest BCUT2D eigenvalue weighted by Crippen LogP contribution is -2.03. The van der Waals surface area contributed by atoms with Crippen molar-refractivity contribution >= 4 is 33.1 Å². The summed E-state index contributed by atoms with van der Waals surface area (Å²) in [6, 6.07) is 0. The first kappa shape index (κ1) is 11.4. The largest absolute Gasteiger partial charge is 0.383 e. The van der Waals surface area contributed by atoms with Gasteiger partial charge in [0, 0.05) is 12.5 Å². The molecule has 16 heavy (non-hydrogen) atoms. The first-order valence-electron chi connectivity index (χ1n) is 4.41. The molecule has 0 aliphatic carbocycles. The van der Waals surface area contributed by atoms with E-state index in [1.54, 1.807) is 12.6 Å². The highest BCUT2D eigenvalue weighted by Crippen LogP contribution is 2.25. The molecule has 0 atom stereocenters. The van der Waals surface area contributed by atoms with Crippen molar-refractivity contribution in [1.29, 1.82) is 0 Å². The zero-order chi connectivity index (χ0) is 11.5. The molecular weight excluding hydrogens is 292 g/mol. The number of rotatable bonds is 3. The molecule has 0 saturated heterocycles. The molecule has 2 heterocycles. The fourth-order valence-electron chi connectivity index (χ4n) is 1.18. The van der Waals surface area contributed by atoms with Gasteiger partial charge in [-0.3, -0.25) is 0 Å². The number of anilines is 1. The Bertz CT molecular complexity index is 489. The van der Waals surface area contributed by atoms with E-state index in [9.17, 15) is 0 Å². The van der Waals surface area contributed by atoms with Crippen molar-refractivity contribution in [3.8, 4) is 11.5 Å². The van der Waals surface area contributed by atoms with Crippen molar-refractivity contribution < 1.29 is 4.74 Å². The number of halogens is 1. The Morgan fingerprint density at radius 2 is 2.31 bits per heavy atom. The van der Waals surface area contributed by atoms with Gasteiger partial charge >= 0.3 is 0 Å². The number of thiazole rings is 1. The van der Waals surface area contributed by atoms with E-state index in [0.29, 0.717) is 22.7 Å². The lowest BCUT2D eigenvalue weighted by atomic mass is 10.3. The average Bonchev–Trinajstić information content (AvgIpc) is 2.78. The predicted octanol–water partition coefficient (Wildman–Crippen LogP) is 2.09. The number of hydrogen-bond acceptors (Lipinski definition) is 6. The Labute approximate surface area is 105 Å².